The quantitative estimate of drug-likeness (QED) is 0.449. The Morgan fingerprint density at radius 2 is 1.82 bits per heavy atom. The number of hydrogen-bond acceptors (Lipinski definition) is 5. The van der Waals surface area contributed by atoms with Gasteiger partial charge in [-0.2, -0.15) is 0 Å². The van der Waals surface area contributed by atoms with Crippen LogP contribution in [0.1, 0.15) is 27.9 Å². The van der Waals surface area contributed by atoms with E-state index >= 15 is 0 Å². The first-order valence-corrected chi connectivity index (χ1v) is 10.6. The molecule has 1 aromatic carbocycles. The summed E-state index contributed by atoms with van der Waals surface area (Å²) >= 11 is 0. The Morgan fingerprint density at radius 1 is 1.03 bits per heavy atom. The number of urea groups is 1. The van der Waals surface area contributed by atoms with Crippen LogP contribution in [-0.4, -0.2) is 46.1 Å². The first kappa shape index (κ1) is 23.2. The number of ether oxygens (including phenoxy) is 1. The van der Waals surface area contributed by atoms with Crippen molar-refractivity contribution in [2.75, 3.05) is 18.0 Å². The molecule has 3 heterocycles. The molecular formula is C24H21F3N4O3. The van der Waals surface area contributed by atoms with Gasteiger partial charge in [-0.1, -0.05) is 18.2 Å². The number of rotatable bonds is 8. The summed E-state index contributed by atoms with van der Waals surface area (Å²) in [7, 11) is 0. The van der Waals surface area contributed by atoms with Crippen LogP contribution in [0.2, 0.25) is 0 Å². The number of Topliss-reactive ketones (excluding diaryl/α,β-unsaturated/α-hetero) is 1. The van der Waals surface area contributed by atoms with Crippen molar-refractivity contribution >= 4 is 17.6 Å². The van der Waals surface area contributed by atoms with Crippen molar-refractivity contribution in [3.63, 3.8) is 0 Å². The smallest absolute Gasteiger partial charge is 0.406 e. The highest BCUT2D eigenvalue weighted by Gasteiger charge is 2.32. The van der Waals surface area contributed by atoms with Gasteiger partial charge in [-0.3, -0.25) is 14.7 Å². The lowest BCUT2D eigenvalue weighted by Gasteiger charge is -2.18. The molecule has 4 rings (SSSR count). The fraction of sp³-hybridized carbons (Fsp3) is 0.250. The number of alkyl halides is 3. The van der Waals surface area contributed by atoms with E-state index in [-0.39, 0.29) is 24.1 Å². The van der Waals surface area contributed by atoms with Crippen LogP contribution in [0, 0.1) is 0 Å². The third-order valence-electron chi connectivity index (χ3n) is 5.33. The Balaban J connectivity index is 1.37. The predicted molar refractivity (Wildman–Crippen MR) is 117 cm³/mol. The monoisotopic (exact) mass is 470 g/mol. The molecule has 3 aromatic rings. The number of aromatic nitrogens is 2. The number of carbonyl (C=O) groups excluding carboxylic acids is 2. The summed E-state index contributed by atoms with van der Waals surface area (Å²) in [6.45, 7) is 1.03. The molecule has 0 aliphatic carbocycles. The Labute approximate surface area is 193 Å². The van der Waals surface area contributed by atoms with Crippen molar-refractivity contribution < 1.29 is 27.5 Å². The summed E-state index contributed by atoms with van der Waals surface area (Å²) in [5, 5.41) is 0. The number of carbonyl (C=O) groups is 2. The zero-order chi connectivity index (χ0) is 24.1. The molecule has 1 saturated heterocycles. The number of aryl methyl sites for hydroxylation is 1. The Bertz CT molecular complexity index is 1150. The third-order valence-corrected chi connectivity index (χ3v) is 5.33. The number of anilines is 1. The number of hydrogen-bond donors (Lipinski definition) is 0. The van der Waals surface area contributed by atoms with E-state index < -0.39 is 6.36 Å². The maximum absolute atomic E-state index is 12.9. The molecule has 0 unspecified atom stereocenters. The van der Waals surface area contributed by atoms with Crippen molar-refractivity contribution in [2.24, 2.45) is 0 Å². The van der Waals surface area contributed by atoms with Gasteiger partial charge in [0.1, 0.15) is 11.6 Å². The van der Waals surface area contributed by atoms with Crippen LogP contribution in [-0.2, 0) is 13.0 Å². The largest absolute Gasteiger partial charge is 0.573 e. The maximum atomic E-state index is 12.9. The van der Waals surface area contributed by atoms with Crippen LogP contribution < -0.4 is 9.64 Å². The van der Waals surface area contributed by atoms with Crippen molar-refractivity contribution in [1.82, 2.24) is 14.9 Å². The average Bonchev–Trinajstić information content (AvgIpc) is 3.18. The summed E-state index contributed by atoms with van der Waals surface area (Å²) in [4.78, 5) is 36.9. The Kier molecular flexibility index (Phi) is 6.76. The van der Waals surface area contributed by atoms with Crippen LogP contribution in [0.15, 0.2) is 67.1 Å². The lowest BCUT2D eigenvalue weighted by molar-refractivity contribution is -0.274. The topological polar surface area (TPSA) is 75.6 Å². The van der Waals surface area contributed by atoms with E-state index in [0.29, 0.717) is 42.9 Å². The van der Waals surface area contributed by atoms with E-state index in [1.165, 1.54) is 35.4 Å². The maximum Gasteiger partial charge on any atom is 0.573 e. The summed E-state index contributed by atoms with van der Waals surface area (Å²) in [5.74, 6) is 0.00524. The molecule has 34 heavy (non-hydrogen) atoms. The molecule has 0 radical (unpaired) electrons. The molecule has 10 heteroatoms. The van der Waals surface area contributed by atoms with E-state index in [4.69, 9.17) is 0 Å². The van der Waals surface area contributed by atoms with E-state index in [1.54, 1.807) is 29.4 Å². The van der Waals surface area contributed by atoms with Crippen molar-refractivity contribution in [2.45, 2.75) is 25.7 Å². The molecular weight excluding hydrogens is 449 g/mol. The summed E-state index contributed by atoms with van der Waals surface area (Å²) < 4.78 is 40.8. The molecule has 0 N–H and O–H groups in total. The highest BCUT2D eigenvalue weighted by Crippen LogP contribution is 2.25. The van der Waals surface area contributed by atoms with Gasteiger partial charge in [0.15, 0.2) is 5.78 Å². The van der Waals surface area contributed by atoms with Gasteiger partial charge in [0, 0.05) is 50.2 Å². The zero-order valence-corrected chi connectivity index (χ0v) is 18.0. The highest BCUT2D eigenvalue weighted by atomic mass is 19.4. The average molecular weight is 470 g/mol. The molecule has 2 amide bonds. The molecule has 0 atom stereocenters. The fourth-order valence-electron chi connectivity index (χ4n) is 3.65. The summed E-state index contributed by atoms with van der Waals surface area (Å²) in [6, 6.07) is 12.1. The van der Waals surface area contributed by atoms with Crippen LogP contribution in [0.3, 0.4) is 0 Å². The van der Waals surface area contributed by atoms with Gasteiger partial charge in [0.2, 0.25) is 0 Å². The second-order valence-electron chi connectivity index (χ2n) is 7.73. The zero-order valence-electron chi connectivity index (χ0n) is 18.0. The third kappa shape index (κ3) is 5.89. The van der Waals surface area contributed by atoms with E-state index in [0.717, 1.165) is 5.56 Å². The van der Waals surface area contributed by atoms with Crippen LogP contribution in [0.5, 0.6) is 5.75 Å². The Morgan fingerprint density at radius 3 is 2.53 bits per heavy atom. The molecule has 2 aromatic heterocycles. The predicted octanol–water partition coefficient (Wildman–Crippen LogP) is 4.63. The minimum Gasteiger partial charge on any atom is -0.406 e. The second-order valence-corrected chi connectivity index (χ2v) is 7.73. The second kappa shape index (κ2) is 9.90. The van der Waals surface area contributed by atoms with Gasteiger partial charge >= 0.3 is 12.4 Å². The fourth-order valence-corrected chi connectivity index (χ4v) is 3.65. The molecule has 176 valence electrons. The lowest BCUT2D eigenvalue weighted by atomic mass is 10.0. The van der Waals surface area contributed by atoms with Crippen molar-refractivity contribution in [1.29, 1.82) is 0 Å². The first-order valence-electron chi connectivity index (χ1n) is 10.6. The lowest BCUT2D eigenvalue weighted by Crippen LogP contribution is -2.32. The number of benzene rings is 1. The van der Waals surface area contributed by atoms with Crippen molar-refractivity contribution in [3.05, 3.63) is 83.8 Å². The van der Waals surface area contributed by atoms with E-state index in [1.807, 2.05) is 12.1 Å². The molecule has 1 aliphatic heterocycles. The van der Waals surface area contributed by atoms with Crippen LogP contribution in [0.4, 0.5) is 23.8 Å². The van der Waals surface area contributed by atoms with Gasteiger partial charge in [-0.15, -0.1) is 13.2 Å². The van der Waals surface area contributed by atoms with Gasteiger partial charge in [0.05, 0.1) is 0 Å². The molecule has 0 bridgehead atoms. The minimum atomic E-state index is -4.76. The normalized spacial score (nSPS) is 13.9. The highest BCUT2D eigenvalue weighted by molar-refractivity contribution is 5.98. The molecule has 0 saturated carbocycles. The number of amides is 2. The van der Waals surface area contributed by atoms with Gasteiger partial charge in [0.25, 0.3) is 0 Å². The van der Waals surface area contributed by atoms with E-state index in [9.17, 15) is 22.8 Å². The number of nitrogens with zero attached hydrogens (tertiary/aromatic N) is 4. The van der Waals surface area contributed by atoms with Gasteiger partial charge < -0.3 is 9.64 Å². The number of ketones is 1. The Hall–Kier alpha value is -3.95. The summed E-state index contributed by atoms with van der Waals surface area (Å²) in [5.41, 5.74) is 2.10. The van der Waals surface area contributed by atoms with Crippen LogP contribution >= 0.6 is 0 Å². The van der Waals surface area contributed by atoms with Gasteiger partial charge in [-0.05, 0) is 47.9 Å². The van der Waals surface area contributed by atoms with Crippen molar-refractivity contribution in [3.8, 4) is 5.75 Å². The van der Waals surface area contributed by atoms with Gasteiger partial charge in [-0.25, -0.2) is 9.78 Å². The SMILES string of the molecule is O=C(CCc1cccnc1)c1ccnc(N2CCN(Cc3ccc(OC(F)(F)F)cc3)C2=O)c1. The number of pyridine rings is 2. The van der Waals surface area contributed by atoms with E-state index in [2.05, 4.69) is 14.7 Å². The molecule has 0 spiro atoms. The molecule has 7 nitrogen and oxygen atoms in total. The first-order chi connectivity index (χ1) is 16.3. The minimum absolute atomic E-state index is 0.0582. The standard InChI is InChI=1S/C24H21F3N4O3/c25-24(26,27)34-20-6-3-18(4-7-20)16-30-12-13-31(23(30)33)22-14-19(9-11-29-22)21(32)8-5-17-2-1-10-28-15-17/h1-4,6-7,9-11,14-15H,5,8,12-13,16H2. The summed E-state index contributed by atoms with van der Waals surface area (Å²) in [6.07, 6.45) is 1.02. The molecule has 1 aliphatic rings. The van der Waals surface area contributed by atoms with Crippen LogP contribution in [0.25, 0.3) is 0 Å². The molecule has 1 fully saturated rings. The number of halogens is 3.